The largest absolute Gasteiger partial charge is 0.469 e. The SMILES string of the molecule is CCn1cnnc1CNC(=NC)NCCc1ccco1.I. The van der Waals surface area contributed by atoms with Crippen molar-refractivity contribution in [2.24, 2.45) is 4.99 Å². The van der Waals surface area contributed by atoms with Gasteiger partial charge in [-0.15, -0.1) is 34.2 Å². The molecule has 2 heterocycles. The highest BCUT2D eigenvalue weighted by molar-refractivity contribution is 14.0. The molecule has 0 radical (unpaired) electrons. The Balaban J connectivity index is 0.00000220. The van der Waals surface area contributed by atoms with Crippen LogP contribution in [-0.2, 0) is 19.5 Å². The topological polar surface area (TPSA) is 80.3 Å². The molecule has 0 amide bonds. The van der Waals surface area contributed by atoms with Crippen molar-refractivity contribution in [3.8, 4) is 0 Å². The smallest absolute Gasteiger partial charge is 0.191 e. The standard InChI is InChI=1S/C13H20N6O.HI/c1-3-19-10-17-18-12(19)9-16-13(14-2)15-7-6-11-5-4-8-20-11;/h4-5,8,10H,3,6-7,9H2,1-2H3,(H2,14,15,16);1H. The number of guanidine groups is 1. The maximum absolute atomic E-state index is 5.28. The Morgan fingerprint density at radius 2 is 2.29 bits per heavy atom. The lowest BCUT2D eigenvalue weighted by atomic mass is 10.3. The number of aliphatic imine (C=N–C) groups is 1. The number of rotatable bonds is 6. The van der Waals surface area contributed by atoms with Crippen LogP contribution >= 0.6 is 24.0 Å². The van der Waals surface area contributed by atoms with Crippen LogP contribution in [-0.4, -0.2) is 34.3 Å². The van der Waals surface area contributed by atoms with Crippen molar-refractivity contribution in [2.75, 3.05) is 13.6 Å². The third-order valence-electron chi connectivity index (χ3n) is 2.92. The van der Waals surface area contributed by atoms with Crippen molar-refractivity contribution in [3.63, 3.8) is 0 Å². The zero-order chi connectivity index (χ0) is 14.2. The van der Waals surface area contributed by atoms with E-state index in [1.165, 1.54) is 0 Å². The van der Waals surface area contributed by atoms with E-state index in [2.05, 4.69) is 32.7 Å². The van der Waals surface area contributed by atoms with E-state index in [1.54, 1.807) is 19.6 Å². The van der Waals surface area contributed by atoms with Crippen LogP contribution < -0.4 is 10.6 Å². The van der Waals surface area contributed by atoms with E-state index in [9.17, 15) is 0 Å². The fourth-order valence-electron chi connectivity index (χ4n) is 1.82. The number of halogens is 1. The van der Waals surface area contributed by atoms with Crippen molar-refractivity contribution in [1.82, 2.24) is 25.4 Å². The van der Waals surface area contributed by atoms with Gasteiger partial charge in [0.1, 0.15) is 12.1 Å². The van der Waals surface area contributed by atoms with Crippen molar-refractivity contribution in [2.45, 2.75) is 26.4 Å². The van der Waals surface area contributed by atoms with E-state index in [1.807, 2.05) is 16.7 Å². The number of hydrogen-bond donors (Lipinski definition) is 2. The van der Waals surface area contributed by atoms with Gasteiger partial charge in [0.25, 0.3) is 0 Å². The van der Waals surface area contributed by atoms with Crippen LogP contribution in [0.4, 0.5) is 0 Å². The molecule has 2 rings (SSSR count). The summed E-state index contributed by atoms with van der Waals surface area (Å²) in [6.45, 7) is 4.26. The third-order valence-corrected chi connectivity index (χ3v) is 2.92. The maximum Gasteiger partial charge on any atom is 0.191 e. The van der Waals surface area contributed by atoms with Gasteiger partial charge in [-0.2, -0.15) is 0 Å². The van der Waals surface area contributed by atoms with Crippen molar-refractivity contribution >= 4 is 29.9 Å². The lowest BCUT2D eigenvalue weighted by molar-refractivity contribution is 0.506. The van der Waals surface area contributed by atoms with Gasteiger partial charge >= 0.3 is 0 Å². The summed E-state index contributed by atoms with van der Waals surface area (Å²) in [7, 11) is 1.74. The highest BCUT2D eigenvalue weighted by atomic mass is 127. The Hall–Kier alpha value is -1.58. The molecule has 2 aromatic heterocycles. The quantitative estimate of drug-likeness (QED) is 0.433. The first-order valence-corrected chi connectivity index (χ1v) is 6.67. The number of furan rings is 1. The number of nitrogens with zero attached hydrogens (tertiary/aromatic N) is 4. The number of aryl methyl sites for hydroxylation is 1. The van der Waals surface area contributed by atoms with Crippen LogP contribution in [0.1, 0.15) is 18.5 Å². The summed E-state index contributed by atoms with van der Waals surface area (Å²) in [6, 6.07) is 3.85. The van der Waals surface area contributed by atoms with Gasteiger partial charge in [-0.05, 0) is 19.1 Å². The zero-order valence-electron chi connectivity index (χ0n) is 12.2. The van der Waals surface area contributed by atoms with Gasteiger partial charge in [0.2, 0.25) is 0 Å². The molecule has 0 bridgehead atoms. The second-order valence-electron chi connectivity index (χ2n) is 4.22. The molecule has 0 atom stereocenters. The minimum atomic E-state index is 0. The van der Waals surface area contributed by atoms with Crippen molar-refractivity contribution in [1.29, 1.82) is 0 Å². The molecule has 7 nitrogen and oxygen atoms in total. The lowest BCUT2D eigenvalue weighted by Crippen LogP contribution is -2.38. The molecule has 0 saturated heterocycles. The van der Waals surface area contributed by atoms with Gasteiger partial charge in [0.15, 0.2) is 11.8 Å². The summed E-state index contributed by atoms with van der Waals surface area (Å²) in [5.41, 5.74) is 0. The van der Waals surface area contributed by atoms with E-state index in [4.69, 9.17) is 4.42 Å². The average Bonchev–Trinajstić information content (AvgIpc) is 3.13. The molecule has 0 aliphatic rings. The average molecular weight is 404 g/mol. The number of hydrogen-bond acceptors (Lipinski definition) is 4. The lowest BCUT2D eigenvalue weighted by Gasteiger charge is -2.11. The molecule has 0 fully saturated rings. The van der Waals surface area contributed by atoms with Crippen molar-refractivity contribution < 1.29 is 4.42 Å². The monoisotopic (exact) mass is 404 g/mol. The van der Waals surface area contributed by atoms with Gasteiger partial charge in [-0.25, -0.2) is 0 Å². The second kappa shape index (κ2) is 9.37. The number of nitrogens with one attached hydrogen (secondary N) is 2. The van der Waals surface area contributed by atoms with Crippen LogP contribution in [0.2, 0.25) is 0 Å². The summed E-state index contributed by atoms with van der Waals surface area (Å²) in [6.07, 6.45) is 4.23. The number of aromatic nitrogens is 3. The van der Waals surface area contributed by atoms with Gasteiger partial charge in [-0.3, -0.25) is 4.99 Å². The minimum Gasteiger partial charge on any atom is -0.469 e. The summed E-state index contributed by atoms with van der Waals surface area (Å²) in [5.74, 6) is 2.59. The molecule has 21 heavy (non-hydrogen) atoms. The second-order valence-corrected chi connectivity index (χ2v) is 4.22. The highest BCUT2D eigenvalue weighted by Crippen LogP contribution is 1.99. The summed E-state index contributed by atoms with van der Waals surface area (Å²) >= 11 is 0. The Morgan fingerprint density at radius 1 is 1.43 bits per heavy atom. The molecule has 0 spiro atoms. The Kier molecular flexibility index (Phi) is 7.80. The van der Waals surface area contributed by atoms with Crippen LogP contribution in [0.25, 0.3) is 0 Å². The molecule has 0 aromatic carbocycles. The predicted molar refractivity (Wildman–Crippen MR) is 91.7 cm³/mol. The van der Waals surface area contributed by atoms with Crippen LogP contribution in [0.15, 0.2) is 34.1 Å². The van der Waals surface area contributed by atoms with E-state index < -0.39 is 0 Å². The van der Waals surface area contributed by atoms with Crippen molar-refractivity contribution in [3.05, 3.63) is 36.3 Å². The first-order valence-electron chi connectivity index (χ1n) is 6.67. The summed E-state index contributed by atoms with van der Waals surface area (Å²) in [4.78, 5) is 4.17. The molecular weight excluding hydrogens is 383 g/mol. The molecule has 8 heteroatoms. The summed E-state index contributed by atoms with van der Waals surface area (Å²) in [5, 5.41) is 14.4. The molecule has 0 saturated carbocycles. The first-order chi connectivity index (χ1) is 9.83. The van der Waals surface area contributed by atoms with E-state index in [-0.39, 0.29) is 24.0 Å². The van der Waals surface area contributed by atoms with E-state index in [0.29, 0.717) is 6.54 Å². The minimum absolute atomic E-state index is 0. The normalized spacial score (nSPS) is 11.0. The third kappa shape index (κ3) is 5.37. The predicted octanol–water partition coefficient (Wildman–Crippen LogP) is 1.42. The van der Waals surface area contributed by atoms with Crippen LogP contribution in [0.5, 0.6) is 0 Å². The molecular formula is C13H21IN6O. The Bertz CT molecular complexity index is 537. The van der Waals surface area contributed by atoms with Crippen LogP contribution in [0, 0.1) is 0 Å². The fraction of sp³-hybridized carbons (Fsp3) is 0.462. The first kappa shape index (κ1) is 17.5. The van der Waals surface area contributed by atoms with Crippen LogP contribution in [0.3, 0.4) is 0 Å². The maximum atomic E-state index is 5.28. The van der Waals surface area contributed by atoms with Gasteiger partial charge in [0, 0.05) is 26.6 Å². The molecule has 0 aliphatic heterocycles. The molecule has 116 valence electrons. The van der Waals surface area contributed by atoms with E-state index >= 15 is 0 Å². The van der Waals surface area contributed by atoms with Gasteiger partial charge in [-0.1, -0.05) is 0 Å². The van der Waals surface area contributed by atoms with Gasteiger partial charge in [0.05, 0.1) is 12.8 Å². The molecule has 0 aliphatic carbocycles. The fourth-order valence-corrected chi connectivity index (χ4v) is 1.82. The molecule has 2 N–H and O–H groups in total. The Morgan fingerprint density at radius 3 is 2.95 bits per heavy atom. The Labute approximate surface area is 141 Å². The highest BCUT2D eigenvalue weighted by Gasteiger charge is 2.04. The van der Waals surface area contributed by atoms with E-state index in [0.717, 1.165) is 37.1 Å². The zero-order valence-corrected chi connectivity index (χ0v) is 14.6. The van der Waals surface area contributed by atoms with Gasteiger partial charge < -0.3 is 19.6 Å². The summed E-state index contributed by atoms with van der Waals surface area (Å²) < 4.78 is 7.27. The molecule has 2 aromatic rings. The molecule has 0 unspecified atom stereocenters.